The number of nitrogens with one attached hydrogen (secondary N) is 1. The molecule has 0 saturated heterocycles. The van der Waals surface area contributed by atoms with Crippen LogP contribution in [0, 0.1) is 0 Å². The van der Waals surface area contributed by atoms with Crippen molar-refractivity contribution in [2.45, 2.75) is 32.1 Å². The van der Waals surface area contributed by atoms with Crippen molar-refractivity contribution in [3.8, 4) is 5.82 Å². The molecular formula is C14H22Cl2N6O. The third-order valence-corrected chi connectivity index (χ3v) is 3.04. The van der Waals surface area contributed by atoms with Crippen molar-refractivity contribution in [2.24, 2.45) is 5.73 Å². The second-order valence-corrected chi connectivity index (χ2v) is 4.75. The highest BCUT2D eigenvalue weighted by Crippen LogP contribution is 2.10. The van der Waals surface area contributed by atoms with Crippen LogP contribution in [-0.2, 0) is 4.79 Å². The summed E-state index contributed by atoms with van der Waals surface area (Å²) in [6, 6.07) is 3.59. The van der Waals surface area contributed by atoms with E-state index < -0.39 is 0 Å². The molecule has 0 atom stereocenters. The molecule has 2 aromatic heterocycles. The lowest BCUT2D eigenvalue weighted by molar-refractivity contribution is -0.116. The molecule has 0 radical (unpaired) electrons. The van der Waals surface area contributed by atoms with E-state index >= 15 is 0 Å². The van der Waals surface area contributed by atoms with E-state index in [2.05, 4.69) is 20.4 Å². The van der Waals surface area contributed by atoms with E-state index in [1.165, 1.54) is 6.33 Å². The lowest BCUT2D eigenvalue weighted by Gasteiger charge is -2.06. The van der Waals surface area contributed by atoms with Gasteiger partial charge in [-0.3, -0.25) is 4.79 Å². The van der Waals surface area contributed by atoms with Crippen molar-refractivity contribution in [1.82, 2.24) is 19.7 Å². The molecular weight excluding hydrogens is 339 g/mol. The van der Waals surface area contributed by atoms with Gasteiger partial charge in [0.25, 0.3) is 0 Å². The van der Waals surface area contributed by atoms with Crippen molar-refractivity contribution < 1.29 is 4.79 Å². The van der Waals surface area contributed by atoms with Gasteiger partial charge in [-0.25, -0.2) is 14.6 Å². The number of amides is 1. The molecule has 128 valence electrons. The monoisotopic (exact) mass is 360 g/mol. The van der Waals surface area contributed by atoms with Crippen LogP contribution < -0.4 is 11.1 Å². The Morgan fingerprint density at radius 3 is 2.57 bits per heavy atom. The first kappa shape index (κ1) is 21.3. The van der Waals surface area contributed by atoms with E-state index in [1.807, 2.05) is 0 Å². The Balaban J connectivity index is 0.00000242. The van der Waals surface area contributed by atoms with Gasteiger partial charge in [-0.1, -0.05) is 12.8 Å². The molecule has 0 aliphatic carbocycles. The molecule has 0 saturated carbocycles. The minimum atomic E-state index is 0. The van der Waals surface area contributed by atoms with Crippen molar-refractivity contribution >= 4 is 36.4 Å². The van der Waals surface area contributed by atoms with Crippen LogP contribution in [-0.4, -0.2) is 32.2 Å². The standard InChI is InChI=1S/C14H20N6O.2ClH/c15-8-4-2-1-3-5-14(21)19-12-6-7-13(17-9-12)20-11-16-10-18-20;;/h6-7,9-11H,1-5,8,15H2,(H,19,21);2*1H. The van der Waals surface area contributed by atoms with Gasteiger partial charge in [-0.2, -0.15) is 5.10 Å². The summed E-state index contributed by atoms with van der Waals surface area (Å²) in [4.78, 5) is 19.9. The summed E-state index contributed by atoms with van der Waals surface area (Å²) in [6.45, 7) is 0.718. The van der Waals surface area contributed by atoms with Crippen molar-refractivity contribution in [2.75, 3.05) is 11.9 Å². The summed E-state index contributed by atoms with van der Waals surface area (Å²) in [7, 11) is 0. The predicted octanol–water partition coefficient (Wildman–Crippen LogP) is 2.35. The van der Waals surface area contributed by atoms with E-state index in [9.17, 15) is 4.79 Å². The third-order valence-electron chi connectivity index (χ3n) is 3.04. The number of nitrogens with zero attached hydrogens (tertiary/aromatic N) is 4. The summed E-state index contributed by atoms with van der Waals surface area (Å²) < 4.78 is 1.56. The maximum absolute atomic E-state index is 11.8. The van der Waals surface area contributed by atoms with E-state index in [0.717, 1.165) is 32.2 Å². The molecule has 0 aliphatic rings. The van der Waals surface area contributed by atoms with Gasteiger partial charge in [0.1, 0.15) is 12.7 Å². The highest BCUT2D eigenvalue weighted by molar-refractivity contribution is 5.90. The molecule has 9 heteroatoms. The van der Waals surface area contributed by atoms with E-state index in [4.69, 9.17) is 5.73 Å². The molecule has 2 rings (SSSR count). The maximum atomic E-state index is 11.8. The number of rotatable bonds is 8. The number of nitrogens with two attached hydrogens (primary N) is 1. The van der Waals surface area contributed by atoms with Crippen LogP contribution in [0.5, 0.6) is 0 Å². The van der Waals surface area contributed by atoms with Crippen molar-refractivity contribution in [3.63, 3.8) is 0 Å². The second kappa shape index (κ2) is 11.8. The Morgan fingerprint density at radius 2 is 1.96 bits per heavy atom. The Morgan fingerprint density at radius 1 is 1.17 bits per heavy atom. The zero-order valence-electron chi connectivity index (χ0n) is 12.7. The maximum Gasteiger partial charge on any atom is 0.224 e. The SMILES string of the molecule is Cl.Cl.NCCCCCCC(=O)Nc1ccc(-n2cncn2)nc1. The number of aromatic nitrogens is 4. The smallest absolute Gasteiger partial charge is 0.224 e. The Bertz CT molecular complexity index is 547. The van der Waals surface area contributed by atoms with Gasteiger partial charge in [-0.05, 0) is 31.5 Å². The number of carbonyl (C=O) groups is 1. The van der Waals surface area contributed by atoms with Gasteiger partial charge in [0, 0.05) is 6.42 Å². The zero-order chi connectivity index (χ0) is 14.9. The average molecular weight is 361 g/mol. The van der Waals surface area contributed by atoms with Gasteiger partial charge in [-0.15, -0.1) is 24.8 Å². The quantitative estimate of drug-likeness (QED) is 0.704. The van der Waals surface area contributed by atoms with Crippen LogP contribution in [0.15, 0.2) is 31.0 Å². The van der Waals surface area contributed by atoms with Crippen molar-refractivity contribution in [1.29, 1.82) is 0 Å². The van der Waals surface area contributed by atoms with Gasteiger partial charge in [0.05, 0.1) is 11.9 Å². The van der Waals surface area contributed by atoms with Crippen LogP contribution in [0.2, 0.25) is 0 Å². The fourth-order valence-electron chi connectivity index (χ4n) is 1.93. The number of anilines is 1. The molecule has 0 aliphatic heterocycles. The summed E-state index contributed by atoms with van der Waals surface area (Å²) in [5.74, 6) is 0.672. The van der Waals surface area contributed by atoms with Crippen LogP contribution >= 0.6 is 24.8 Å². The van der Waals surface area contributed by atoms with Crippen LogP contribution in [0.25, 0.3) is 5.82 Å². The summed E-state index contributed by atoms with van der Waals surface area (Å²) in [6.07, 6.45) is 9.18. The minimum absolute atomic E-state index is 0. The molecule has 0 bridgehead atoms. The topological polar surface area (TPSA) is 98.7 Å². The third kappa shape index (κ3) is 7.40. The average Bonchev–Trinajstić information content (AvgIpc) is 3.02. The molecule has 2 aromatic rings. The van der Waals surface area contributed by atoms with Crippen LogP contribution in [0.4, 0.5) is 5.69 Å². The second-order valence-electron chi connectivity index (χ2n) is 4.75. The number of pyridine rings is 1. The Labute approximate surface area is 147 Å². The summed E-state index contributed by atoms with van der Waals surface area (Å²) in [5, 5.41) is 6.82. The van der Waals surface area contributed by atoms with Crippen molar-refractivity contribution in [3.05, 3.63) is 31.0 Å². The fraction of sp³-hybridized carbons (Fsp3) is 0.429. The lowest BCUT2D eigenvalue weighted by Crippen LogP contribution is -2.11. The van der Waals surface area contributed by atoms with E-state index in [1.54, 1.807) is 29.3 Å². The number of halogens is 2. The van der Waals surface area contributed by atoms with E-state index in [-0.39, 0.29) is 30.7 Å². The number of hydrogen-bond acceptors (Lipinski definition) is 5. The summed E-state index contributed by atoms with van der Waals surface area (Å²) in [5.41, 5.74) is 6.11. The normalized spacial score (nSPS) is 9.61. The predicted molar refractivity (Wildman–Crippen MR) is 94.4 cm³/mol. The molecule has 0 fully saturated rings. The minimum Gasteiger partial charge on any atom is -0.330 e. The number of hydrogen-bond donors (Lipinski definition) is 2. The first-order valence-corrected chi connectivity index (χ1v) is 7.10. The molecule has 7 nitrogen and oxygen atoms in total. The Kier molecular flexibility index (Phi) is 10.9. The van der Waals surface area contributed by atoms with E-state index in [0.29, 0.717) is 17.9 Å². The fourth-order valence-corrected chi connectivity index (χ4v) is 1.93. The molecule has 0 unspecified atom stereocenters. The zero-order valence-corrected chi connectivity index (χ0v) is 14.4. The van der Waals surface area contributed by atoms with Crippen LogP contribution in [0.3, 0.4) is 0 Å². The number of carbonyl (C=O) groups excluding carboxylic acids is 1. The summed E-state index contributed by atoms with van der Waals surface area (Å²) >= 11 is 0. The van der Waals surface area contributed by atoms with Gasteiger partial charge >= 0.3 is 0 Å². The van der Waals surface area contributed by atoms with Crippen LogP contribution in [0.1, 0.15) is 32.1 Å². The Hall–Kier alpha value is -1.70. The number of unbranched alkanes of at least 4 members (excludes halogenated alkanes) is 3. The highest BCUT2D eigenvalue weighted by atomic mass is 35.5. The van der Waals surface area contributed by atoms with Gasteiger partial charge < -0.3 is 11.1 Å². The molecule has 23 heavy (non-hydrogen) atoms. The largest absolute Gasteiger partial charge is 0.330 e. The first-order valence-electron chi connectivity index (χ1n) is 7.10. The first-order chi connectivity index (χ1) is 10.3. The molecule has 1 amide bonds. The highest BCUT2D eigenvalue weighted by Gasteiger charge is 2.04. The van der Waals surface area contributed by atoms with Gasteiger partial charge in [0.2, 0.25) is 5.91 Å². The molecule has 3 N–H and O–H groups in total. The lowest BCUT2D eigenvalue weighted by atomic mass is 10.1. The molecule has 0 spiro atoms. The van der Waals surface area contributed by atoms with Gasteiger partial charge in [0.15, 0.2) is 5.82 Å². The molecule has 2 heterocycles. The molecule has 0 aromatic carbocycles.